The van der Waals surface area contributed by atoms with Gasteiger partial charge in [-0.3, -0.25) is 4.79 Å². The Balaban J connectivity index is 2.55. The van der Waals surface area contributed by atoms with E-state index in [2.05, 4.69) is 25.9 Å². The van der Waals surface area contributed by atoms with Crippen LogP contribution in [-0.2, 0) is 4.79 Å². The van der Waals surface area contributed by atoms with Crippen molar-refractivity contribution in [2.75, 3.05) is 11.4 Å². The number of hydrogen-bond acceptors (Lipinski definition) is 4. The minimum absolute atomic E-state index is 0.0970. The first kappa shape index (κ1) is 12.8. The van der Waals surface area contributed by atoms with Gasteiger partial charge in [0, 0.05) is 24.6 Å². The molecule has 0 radical (unpaired) electrons. The summed E-state index contributed by atoms with van der Waals surface area (Å²) >= 11 is 3.35. The molecule has 0 spiro atoms. The van der Waals surface area contributed by atoms with Crippen LogP contribution >= 0.6 is 15.9 Å². The number of nitrogens with two attached hydrogens (primary N) is 1. The summed E-state index contributed by atoms with van der Waals surface area (Å²) in [5.74, 6) is 0.248. The van der Waals surface area contributed by atoms with E-state index < -0.39 is 5.91 Å². The molecule has 0 aliphatic carbocycles. The maximum Gasteiger partial charge on any atom is 0.237 e. The van der Waals surface area contributed by atoms with Crippen LogP contribution in [0.3, 0.4) is 0 Å². The number of nitrogens with zero attached hydrogens (tertiary/aromatic N) is 4. The third-order valence-electron chi connectivity index (χ3n) is 2.55. The van der Waals surface area contributed by atoms with Crippen LogP contribution in [0.25, 0.3) is 5.65 Å². The van der Waals surface area contributed by atoms with Crippen LogP contribution in [0.4, 0.5) is 5.82 Å². The Bertz CT molecular complexity index is 580. The molecule has 7 heteroatoms. The van der Waals surface area contributed by atoms with Crippen LogP contribution in [0.1, 0.15) is 13.8 Å². The lowest BCUT2D eigenvalue weighted by atomic mass is 10.3. The van der Waals surface area contributed by atoms with E-state index in [1.165, 1.54) is 0 Å². The number of imidazole rings is 1. The molecule has 0 aromatic carbocycles. The van der Waals surface area contributed by atoms with Crippen molar-refractivity contribution in [2.45, 2.75) is 19.9 Å². The summed E-state index contributed by atoms with van der Waals surface area (Å²) in [6.45, 7) is 4.07. The van der Waals surface area contributed by atoms with E-state index >= 15 is 0 Å². The second kappa shape index (κ2) is 4.93. The Morgan fingerprint density at radius 1 is 1.61 bits per heavy atom. The SMILES string of the molecule is CC(C)N(CC(N)=O)c1nc(Br)cn2ccnc12. The zero-order valence-electron chi connectivity index (χ0n) is 10.2. The van der Waals surface area contributed by atoms with Gasteiger partial charge in [-0.15, -0.1) is 0 Å². The Morgan fingerprint density at radius 2 is 2.33 bits per heavy atom. The van der Waals surface area contributed by atoms with Crippen molar-refractivity contribution in [3.8, 4) is 0 Å². The molecule has 2 heterocycles. The van der Waals surface area contributed by atoms with Crippen molar-refractivity contribution in [1.82, 2.24) is 14.4 Å². The maximum atomic E-state index is 11.2. The molecule has 0 saturated heterocycles. The highest BCUT2D eigenvalue weighted by molar-refractivity contribution is 9.10. The predicted octanol–water partition coefficient (Wildman–Crippen LogP) is 1.19. The average molecular weight is 312 g/mol. The van der Waals surface area contributed by atoms with Gasteiger partial charge in [-0.05, 0) is 29.8 Å². The monoisotopic (exact) mass is 311 g/mol. The van der Waals surface area contributed by atoms with Crippen LogP contribution in [0, 0.1) is 0 Å². The molecule has 0 fully saturated rings. The molecule has 18 heavy (non-hydrogen) atoms. The molecule has 0 aliphatic rings. The minimum atomic E-state index is -0.393. The molecule has 2 rings (SSSR count). The lowest BCUT2D eigenvalue weighted by Gasteiger charge is -2.26. The Hall–Kier alpha value is -1.63. The zero-order chi connectivity index (χ0) is 13.3. The molecule has 0 unspecified atom stereocenters. The Kier molecular flexibility index (Phi) is 3.51. The number of hydrogen-bond donors (Lipinski definition) is 1. The Labute approximate surface area is 113 Å². The van der Waals surface area contributed by atoms with Gasteiger partial charge in [0.05, 0.1) is 6.54 Å². The van der Waals surface area contributed by atoms with Gasteiger partial charge in [0.15, 0.2) is 11.5 Å². The van der Waals surface area contributed by atoms with E-state index in [-0.39, 0.29) is 12.6 Å². The van der Waals surface area contributed by atoms with Gasteiger partial charge in [-0.1, -0.05) is 0 Å². The van der Waals surface area contributed by atoms with Crippen molar-refractivity contribution in [2.24, 2.45) is 5.73 Å². The summed E-state index contributed by atoms with van der Waals surface area (Å²) in [4.78, 5) is 21.6. The summed E-state index contributed by atoms with van der Waals surface area (Å²) in [6, 6.07) is 0.0970. The van der Waals surface area contributed by atoms with E-state index in [0.717, 1.165) is 0 Å². The molecule has 2 N–H and O–H groups in total. The highest BCUT2D eigenvalue weighted by atomic mass is 79.9. The van der Waals surface area contributed by atoms with Crippen LogP contribution in [0.2, 0.25) is 0 Å². The van der Waals surface area contributed by atoms with Crippen LogP contribution in [-0.4, -0.2) is 32.9 Å². The van der Waals surface area contributed by atoms with Gasteiger partial charge < -0.3 is 15.0 Å². The molecular weight excluding hydrogens is 298 g/mol. The summed E-state index contributed by atoms with van der Waals surface area (Å²) < 4.78 is 2.53. The van der Waals surface area contributed by atoms with Crippen LogP contribution < -0.4 is 10.6 Å². The standard InChI is InChI=1S/C11H14BrN5O/c1-7(2)17(6-9(13)18)11-10-14-3-4-16(10)5-8(12)15-11/h3-5,7H,6H2,1-2H3,(H2,13,18). The maximum absolute atomic E-state index is 11.2. The predicted molar refractivity (Wildman–Crippen MR) is 72.4 cm³/mol. The zero-order valence-corrected chi connectivity index (χ0v) is 11.8. The van der Waals surface area contributed by atoms with E-state index in [4.69, 9.17) is 5.73 Å². The fourth-order valence-electron chi connectivity index (χ4n) is 1.75. The van der Waals surface area contributed by atoms with Crippen molar-refractivity contribution >= 4 is 33.3 Å². The largest absolute Gasteiger partial charge is 0.368 e. The molecule has 0 bridgehead atoms. The van der Waals surface area contributed by atoms with Crippen LogP contribution in [0.5, 0.6) is 0 Å². The molecule has 0 saturated carbocycles. The van der Waals surface area contributed by atoms with Gasteiger partial charge >= 0.3 is 0 Å². The minimum Gasteiger partial charge on any atom is -0.368 e. The van der Waals surface area contributed by atoms with Crippen LogP contribution in [0.15, 0.2) is 23.2 Å². The molecule has 96 valence electrons. The van der Waals surface area contributed by atoms with Gasteiger partial charge in [-0.25, -0.2) is 9.97 Å². The lowest BCUT2D eigenvalue weighted by molar-refractivity contribution is -0.116. The first-order valence-electron chi connectivity index (χ1n) is 5.53. The number of carbonyl (C=O) groups excluding carboxylic acids is 1. The highest BCUT2D eigenvalue weighted by Gasteiger charge is 2.19. The Morgan fingerprint density at radius 3 is 2.94 bits per heavy atom. The second-order valence-corrected chi connectivity index (χ2v) is 5.05. The number of fused-ring (bicyclic) bond motifs is 1. The number of amides is 1. The quantitative estimate of drug-likeness (QED) is 0.920. The molecule has 2 aromatic rings. The molecule has 1 amide bonds. The van der Waals surface area contributed by atoms with E-state index in [0.29, 0.717) is 16.1 Å². The first-order valence-corrected chi connectivity index (χ1v) is 6.32. The number of rotatable bonds is 4. The summed E-state index contributed by atoms with van der Waals surface area (Å²) in [5, 5.41) is 0. The average Bonchev–Trinajstić information content (AvgIpc) is 2.71. The first-order chi connectivity index (χ1) is 8.49. The molecular formula is C11H14BrN5O. The van der Waals surface area contributed by atoms with E-state index in [1.54, 1.807) is 6.20 Å². The van der Waals surface area contributed by atoms with Crippen molar-refractivity contribution in [3.63, 3.8) is 0 Å². The van der Waals surface area contributed by atoms with Gasteiger partial charge in [-0.2, -0.15) is 0 Å². The third-order valence-corrected chi connectivity index (χ3v) is 2.93. The molecule has 6 nitrogen and oxygen atoms in total. The summed E-state index contributed by atoms with van der Waals surface area (Å²) in [7, 11) is 0. The van der Waals surface area contributed by atoms with Gasteiger partial charge in [0.2, 0.25) is 5.91 Å². The van der Waals surface area contributed by atoms with E-state index in [9.17, 15) is 4.79 Å². The topological polar surface area (TPSA) is 76.5 Å². The normalized spacial score (nSPS) is 11.1. The fourth-order valence-corrected chi connectivity index (χ4v) is 2.14. The number of halogens is 1. The van der Waals surface area contributed by atoms with Gasteiger partial charge in [0.25, 0.3) is 0 Å². The smallest absolute Gasteiger partial charge is 0.237 e. The van der Waals surface area contributed by atoms with Crippen molar-refractivity contribution in [1.29, 1.82) is 0 Å². The third kappa shape index (κ3) is 2.45. The second-order valence-electron chi connectivity index (χ2n) is 4.23. The highest BCUT2D eigenvalue weighted by Crippen LogP contribution is 2.22. The number of anilines is 1. The number of carbonyl (C=O) groups is 1. The molecule has 2 aromatic heterocycles. The van der Waals surface area contributed by atoms with E-state index in [1.807, 2.05) is 35.5 Å². The summed E-state index contributed by atoms with van der Waals surface area (Å²) in [6.07, 6.45) is 5.33. The molecule has 0 atom stereocenters. The van der Waals surface area contributed by atoms with Crippen molar-refractivity contribution < 1.29 is 4.79 Å². The molecule has 0 aliphatic heterocycles. The van der Waals surface area contributed by atoms with Crippen molar-refractivity contribution in [3.05, 3.63) is 23.2 Å². The fraction of sp³-hybridized carbons (Fsp3) is 0.364. The number of aromatic nitrogens is 3. The lowest BCUT2D eigenvalue weighted by Crippen LogP contribution is -2.39. The van der Waals surface area contributed by atoms with Gasteiger partial charge in [0.1, 0.15) is 4.60 Å². The summed E-state index contributed by atoms with van der Waals surface area (Å²) in [5.41, 5.74) is 5.98. The number of primary amides is 1.